The Balaban J connectivity index is 0.00000312. The number of H-pyrrole nitrogens is 1. The lowest BCUT2D eigenvalue weighted by Gasteiger charge is -2.15. The van der Waals surface area contributed by atoms with E-state index in [1.54, 1.807) is 18.2 Å². The van der Waals surface area contributed by atoms with Crippen molar-refractivity contribution in [1.29, 1.82) is 0 Å². The number of aromatic amines is 1. The Hall–Kier alpha value is -1.38. The highest BCUT2D eigenvalue weighted by Gasteiger charge is 2.17. The molecule has 1 aromatic heterocycles. The van der Waals surface area contributed by atoms with E-state index in [-0.39, 0.29) is 27.8 Å². The number of aryl methyl sites for hydroxylation is 1. The van der Waals surface area contributed by atoms with Gasteiger partial charge in [-0.05, 0) is 43.0 Å². The molecule has 1 heterocycles. The molecule has 8 heteroatoms. The molecule has 0 atom stereocenters. The molecule has 0 bridgehead atoms. The Morgan fingerprint density at radius 3 is 2.68 bits per heavy atom. The van der Waals surface area contributed by atoms with Gasteiger partial charge in [-0.25, -0.2) is 17.7 Å². The molecule has 0 amide bonds. The number of sulfonamides is 1. The molecule has 0 aliphatic heterocycles. The summed E-state index contributed by atoms with van der Waals surface area (Å²) in [4.78, 5) is 3.24. The van der Waals surface area contributed by atoms with Gasteiger partial charge in [-0.2, -0.15) is 0 Å². The van der Waals surface area contributed by atoms with E-state index in [1.807, 2.05) is 44.1 Å². The standard InChI is InChI=1S/C17H25N3O3S.BrH/c1-4-23-17-7-6-15(12-16(17)14(2)3)24(21,22)19-8-5-10-20-11-9-18-13-20;/h6-7,9,11-14,19H,4-5,8,10H2,1-3H3;1H. The first-order valence-electron chi connectivity index (χ1n) is 8.22. The number of benzene rings is 1. The van der Waals surface area contributed by atoms with E-state index in [2.05, 4.69) is 9.71 Å². The first-order valence-corrected chi connectivity index (χ1v) is 9.70. The Bertz CT molecular complexity index is 747. The maximum atomic E-state index is 12.5. The summed E-state index contributed by atoms with van der Waals surface area (Å²) >= 11 is 0. The Morgan fingerprint density at radius 2 is 2.08 bits per heavy atom. The second kappa shape index (κ2) is 9.94. The molecule has 2 rings (SSSR count). The predicted molar refractivity (Wildman–Crippen MR) is 92.5 cm³/mol. The van der Waals surface area contributed by atoms with Gasteiger partial charge in [0.05, 0.1) is 18.0 Å². The van der Waals surface area contributed by atoms with Crippen molar-refractivity contribution in [2.75, 3.05) is 13.2 Å². The number of aromatic nitrogens is 2. The van der Waals surface area contributed by atoms with Crippen LogP contribution in [-0.2, 0) is 16.6 Å². The SMILES string of the molecule is CCOc1ccc(S(=O)(=O)NCCC[n+]2cc[nH]c2)cc1C(C)C.[Br-]. The second-order valence-electron chi connectivity index (χ2n) is 5.89. The van der Waals surface area contributed by atoms with Gasteiger partial charge in [0.15, 0.2) is 0 Å². The van der Waals surface area contributed by atoms with E-state index in [1.165, 1.54) is 0 Å². The molecule has 1 aromatic carbocycles. The van der Waals surface area contributed by atoms with Gasteiger partial charge in [0.2, 0.25) is 16.4 Å². The van der Waals surface area contributed by atoms with Gasteiger partial charge >= 0.3 is 0 Å². The summed E-state index contributed by atoms with van der Waals surface area (Å²) in [6.45, 7) is 7.67. The highest BCUT2D eigenvalue weighted by atomic mass is 79.9. The third kappa shape index (κ3) is 6.13. The lowest BCUT2D eigenvalue weighted by molar-refractivity contribution is -0.695. The summed E-state index contributed by atoms with van der Waals surface area (Å²) in [5, 5.41) is 0. The third-order valence-corrected chi connectivity index (χ3v) is 5.16. The zero-order valence-electron chi connectivity index (χ0n) is 14.8. The number of halogens is 1. The average molecular weight is 432 g/mol. The van der Waals surface area contributed by atoms with Gasteiger partial charge in [0.25, 0.3) is 0 Å². The monoisotopic (exact) mass is 431 g/mol. The highest BCUT2D eigenvalue weighted by molar-refractivity contribution is 7.89. The van der Waals surface area contributed by atoms with E-state index < -0.39 is 10.0 Å². The molecule has 2 N–H and O–H groups in total. The van der Waals surface area contributed by atoms with Crippen LogP contribution in [0, 0.1) is 0 Å². The fraction of sp³-hybridized carbons (Fsp3) is 0.471. The lowest BCUT2D eigenvalue weighted by atomic mass is 10.0. The van der Waals surface area contributed by atoms with Crippen LogP contribution in [0.3, 0.4) is 0 Å². The zero-order chi connectivity index (χ0) is 17.6. The molecule has 0 saturated carbocycles. The summed E-state index contributed by atoms with van der Waals surface area (Å²) in [7, 11) is -3.51. The zero-order valence-corrected chi connectivity index (χ0v) is 17.2. The quantitative estimate of drug-likeness (QED) is 0.403. The molecule has 0 fully saturated rings. The van der Waals surface area contributed by atoms with Crippen molar-refractivity contribution in [2.45, 2.75) is 44.6 Å². The van der Waals surface area contributed by atoms with Crippen LogP contribution >= 0.6 is 0 Å². The number of hydrogen-bond donors (Lipinski definition) is 2. The lowest BCUT2D eigenvalue weighted by Crippen LogP contribution is -3.00. The number of nitrogens with one attached hydrogen (secondary N) is 2. The normalized spacial score (nSPS) is 11.4. The molecule has 6 nitrogen and oxygen atoms in total. The number of imidazole rings is 1. The van der Waals surface area contributed by atoms with Crippen LogP contribution in [0.25, 0.3) is 0 Å². The second-order valence-corrected chi connectivity index (χ2v) is 7.65. The molecule has 25 heavy (non-hydrogen) atoms. The number of nitrogens with zero attached hydrogens (tertiary/aromatic N) is 1. The van der Waals surface area contributed by atoms with Gasteiger partial charge < -0.3 is 21.7 Å². The van der Waals surface area contributed by atoms with E-state index in [9.17, 15) is 8.42 Å². The fourth-order valence-corrected chi connectivity index (χ4v) is 3.55. The molecule has 0 saturated heterocycles. The van der Waals surface area contributed by atoms with Crippen molar-refractivity contribution in [3.05, 3.63) is 42.5 Å². The topological polar surface area (TPSA) is 75.1 Å². The van der Waals surface area contributed by atoms with E-state index in [4.69, 9.17) is 4.74 Å². The van der Waals surface area contributed by atoms with Gasteiger partial charge in [-0.1, -0.05) is 13.8 Å². The van der Waals surface area contributed by atoms with E-state index >= 15 is 0 Å². The predicted octanol–water partition coefficient (Wildman–Crippen LogP) is -0.803. The van der Waals surface area contributed by atoms with Crippen LogP contribution in [-0.4, -0.2) is 26.6 Å². The van der Waals surface area contributed by atoms with Gasteiger partial charge in [0, 0.05) is 6.54 Å². The summed E-state index contributed by atoms with van der Waals surface area (Å²) in [5.41, 5.74) is 0.905. The van der Waals surface area contributed by atoms with Crippen molar-refractivity contribution >= 4 is 10.0 Å². The third-order valence-electron chi connectivity index (χ3n) is 3.70. The van der Waals surface area contributed by atoms with Crippen molar-refractivity contribution in [3.63, 3.8) is 0 Å². The minimum absolute atomic E-state index is 0. The summed E-state index contributed by atoms with van der Waals surface area (Å²) in [6, 6.07) is 5.04. The summed E-state index contributed by atoms with van der Waals surface area (Å²) in [6.07, 6.45) is 6.30. The van der Waals surface area contributed by atoms with Crippen LogP contribution in [0.2, 0.25) is 0 Å². The molecule has 0 radical (unpaired) electrons. The fourth-order valence-electron chi connectivity index (χ4n) is 2.44. The highest BCUT2D eigenvalue weighted by Crippen LogP contribution is 2.29. The average Bonchev–Trinajstić information content (AvgIpc) is 3.05. The van der Waals surface area contributed by atoms with Crippen molar-refractivity contribution in [1.82, 2.24) is 9.71 Å². The Labute approximate surface area is 160 Å². The first-order chi connectivity index (χ1) is 11.4. The Kier molecular flexibility index (Phi) is 8.61. The van der Waals surface area contributed by atoms with E-state index in [0.29, 0.717) is 13.2 Å². The molecule has 0 aliphatic carbocycles. The van der Waals surface area contributed by atoms with Crippen molar-refractivity contribution in [3.8, 4) is 5.75 Å². The van der Waals surface area contributed by atoms with Crippen LogP contribution in [0.15, 0.2) is 41.8 Å². The molecule has 0 unspecified atom stereocenters. The Morgan fingerprint density at radius 1 is 1.32 bits per heavy atom. The maximum absolute atomic E-state index is 12.5. The molecular formula is C17H26BrN3O3S. The number of ether oxygens (including phenoxy) is 1. The van der Waals surface area contributed by atoms with Gasteiger partial charge in [0.1, 0.15) is 18.1 Å². The van der Waals surface area contributed by atoms with E-state index in [0.717, 1.165) is 24.3 Å². The minimum atomic E-state index is -3.51. The molecule has 140 valence electrons. The van der Waals surface area contributed by atoms with Crippen molar-refractivity contribution in [2.24, 2.45) is 0 Å². The molecule has 0 aliphatic rings. The number of hydrogen-bond acceptors (Lipinski definition) is 3. The molecule has 0 spiro atoms. The first kappa shape index (κ1) is 21.7. The van der Waals surface area contributed by atoms with Crippen LogP contribution in [0.1, 0.15) is 38.7 Å². The van der Waals surface area contributed by atoms with Crippen LogP contribution in [0.4, 0.5) is 0 Å². The maximum Gasteiger partial charge on any atom is 0.241 e. The van der Waals surface area contributed by atoms with Gasteiger partial charge in [-0.15, -0.1) is 0 Å². The largest absolute Gasteiger partial charge is 1.00 e. The molecular weight excluding hydrogens is 406 g/mol. The van der Waals surface area contributed by atoms with Crippen LogP contribution < -0.4 is 31.0 Å². The molecule has 2 aromatic rings. The summed E-state index contributed by atoms with van der Waals surface area (Å²) in [5.74, 6) is 0.932. The summed E-state index contributed by atoms with van der Waals surface area (Å²) < 4.78 is 35.2. The minimum Gasteiger partial charge on any atom is -1.00 e. The smallest absolute Gasteiger partial charge is 0.241 e. The van der Waals surface area contributed by atoms with Gasteiger partial charge in [-0.3, -0.25) is 4.98 Å². The van der Waals surface area contributed by atoms with Crippen LogP contribution in [0.5, 0.6) is 5.75 Å². The van der Waals surface area contributed by atoms with Crippen molar-refractivity contribution < 1.29 is 34.7 Å². The number of rotatable bonds is 9.